The molecule has 0 atom stereocenters. The minimum atomic E-state index is -0.522. The summed E-state index contributed by atoms with van der Waals surface area (Å²) in [7, 11) is 4.61. The summed E-state index contributed by atoms with van der Waals surface area (Å²) >= 11 is 0. The first-order valence-corrected chi connectivity index (χ1v) is 7.60. The van der Waals surface area contributed by atoms with Crippen molar-refractivity contribution in [3.05, 3.63) is 53.6 Å². The summed E-state index contributed by atoms with van der Waals surface area (Å²) in [6.07, 6.45) is 0.907. The van der Waals surface area contributed by atoms with Crippen molar-refractivity contribution in [2.75, 3.05) is 21.2 Å². The lowest BCUT2D eigenvalue weighted by Gasteiger charge is -2.13. The Balaban J connectivity index is 2.04. The third-order valence-electron chi connectivity index (χ3n) is 3.26. The smallest absolute Gasteiger partial charge is 0.414 e. The number of carbonyl (C=O) groups excluding carboxylic acids is 2. The number of ether oxygens (including phenoxy) is 2. The van der Waals surface area contributed by atoms with Crippen LogP contribution >= 0.6 is 0 Å². The number of aromatic hydroxyl groups is 1. The molecule has 2 amide bonds. The molecule has 0 aromatic heterocycles. The van der Waals surface area contributed by atoms with E-state index in [9.17, 15) is 14.7 Å². The van der Waals surface area contributed by atoms with Gasteiger partial charge in [-0.05, 0) is 48.0 Å². The molecule has 2 rings (SSSR count). The number of hydrazone groups is 1. The molecule has 2 N–H and O–H groups in total. The molecule has 8 heteroatoms. The van der Waals surface area contributed by atoms with Crippen molar-refractivity contribution in [2.45, 2.75) is 0 Å². The van der Waals surface area contributed by atoms with Gasteiger partial charge in [0.15, 0.2) is 11.5 Å². The number of methoxy groups -OCH3 is 1. The normalized spacial score (nSPS) is 10.4. The van der Waals surface area contributed by atoms with Crippen LogP contribution in [0.5, 0.6) is 17.2 Å². The monoisotopic (exact) mass is 357 g/mol. The van der Waals surface area contributed by atoms with Gasteiger partial charge in [-0.3, -0.25) is 4.79 Å². The van der Waals surface area contributed by atoms with E-state index in [0.717, 1.165) is 0 Å². The van der Waals surface area contributed by atoms with Gasteiger partial charge in [0.1, 0.15) is 5.75 Å². The molecule has 0 aliphatic rings. The molecule has 0 heterocycles. The van der Waals surface area contributed by atoms with Gasteiger partial charge in [0.25, 0.3) is 5.91 Å². The summed E-state index contributed by atoms with van der Waals surface area (Å²) in [4.78, 5) is 24.8. The average molecular weight is 357 g/mol. The number of nitrogens with one attached hydrogen (secondary N) is 1. The van der Waals surface area contributed by atoms with Crippen molar-refractivity contribution in [2.24, 2.45) is 5.10 Å². The van der Waals surface area contributed by atoms with Gasteiger partial charge < -0.3 is 19.5 Å². The highest BCUT2D eigenvalue weighted by Gasteiger charge is 2.12. The van der Waals surface area contributed by atoms with E-state index in [-0.39, 0.29) is 11.5 Å². The summed E-state index contributed by atoms with van der Waals surface area (Å²) in [5, 5.41) is 13.1. The molecular formula is C18H19N3O5. The van der Waals surface area contributed by atoms with Crippen molar-refractivity contribution in [3.63, 3.8) is 0 Å². The fraction of sp³-hybridized carbons (Fsp3) is 0.167. The van der Waals surface area contributed by atoms with Gasteiger partial charge in [0.05, 0.1) is 13.3 Å². The molecule has 0 unspecified atom stereocenters. The molecular weight excluding hydrogens is 338 g/mol. The second-order valence-corrected chi connectivity index (χ2v) is 5.42. The first kappa shape index (κ1) is 18.8. The second kappa shape index (κ2) is 8.52. The maximum atomic E-state index is 11.9. The molecule has 0 aliphatic heterocycles. The van der Waals surface area contributed by atoms with Crippen LogP contribution in [0.2, 0.25) is 0 Å². The van der Waals surface area contributed by atoms with Crippen LogP contribution in [-0.2, 0) is 0 Å². The molecule has 0 saturated heterocycles. The Hall–Kier alpha value is -3.55. The summed E-state index contributed by atoms with van der Waals surface area (Å²) in [5.74, 6) is 0.294. The topological polar surface area (TPSA) is 100 Å². The Morgan fingerprint density at radius 3 is 2.42 bits per heavy atom. The highest BCUT2D eigenvalue weighted by atomic mass is 16.6. The van der Waals surface area contributed by atoms with Crippen molar-refractivity contribution in [1.29, 1.82) is 0 Å². The molecule has 2 aromatic rings. The van der Waals surface area contributed by atoms with Crippen molar-refractivity contribution in [1.82, 2.24) is 10.3 Å². The van der Waals surface area contributed by atoms with Gasteiger partial charge in [-0.25, -0.2) is 10.2 Å². The lowest BCUT2D eigenvalue weighted by atomic mass is 10.2. The van der Waals surface area contributed by atoms with Gasteiger partial charge in [-0.15, -0.1) is 0 Å². The molecule has 0 bridgehead atoms. The molecule has 26 heavy (non-hydrogen) atoms. The van der Waals surface area contributed by atoms with Crippen molar-refractivity contribution in [3.8, 4) is 17.2 Å². The van der Waals surface area contributed by atoms with E-state index in [1.54, 1.807) is 32.3 Å². The van der Waals surface area contributed by atoms with Crippen LogP contribution in [0.1, 0.15) is 15.9 Å². The van der Waals surface area contributed by atoms with Gasteiger partial charge in [0, 0.05) is 19.7 Å². The van der Waals surface area contributed by atoms with Crippen LogP contribution in [0.15, 0.2) is 47.6 Å². The third kappa shape index (κ3) is 4.97. The lowest BCUT2D eigenvalue weighted by Crippen LogP contribution is -2.25. The minimum absolute atomic E-state index is 0.0761. The number of nitrogens with zero attached hydrogens (tertiary/aromatic N) is 2. The molecule has 0 spiro atoms. The third-order valence-corrected chi connectivity index (χ3v) is 3.26. The predicted molar refractivity (Wildman–Crippen MR) is 95.9 cm³/mol. The number of hydrogen-bond acceptors (Lipinski definition) is 6. The van der Waals surface area contributed by atoms with E-state index in [4.69, 9.17) is 9.47 Å². The maximum absolute atomic E-state index is 11.9. The Morgan fingerprint density at radius 1 is 1.12 bits per heavy atom. The second-order valence-electron chi connectivity index (χ2n) is 5.42. The van der Waals surface area contributed by atoms with Gasteiger partial charge in [-0.1, -0.05) is 0 Å². The number of rotatable bonds is 5. The van der Waals surface area contributed by atoms with Gasteiger partial charge in [0.2, 0.25) is 0 Å². The van der Waals surface area contributed by atoms with E-state index in [1.807, 2.05) is 0 Å². The molecule has 0 fully saturated rings. The van der Waals surface area contributed by atoms with Crippen LogP contribution in [0.25, 0.3) is 0 Å². The Morgan fingerprint density at radius 2 is 1.81 bits per heavy atom. The van der Waals surface area contributed by atoms with Crippen LogP contribution in [-0.4, -0.2) is 49.4 Å². The number of benzene rings is 2. The number of phenols is 1. The van der Waals surface area contributed by atoms with E-state index in [1.165, 1.54) is 42.5 Å². The summed E-state index contributed by atoms with van der Waals surface area (Å²) in [6, 6.07) is 10.7. The van der Waals surface area contributed by atoms with Crippen LogP contribution in [0.4, 0.5) is 4.79 Å². The van der Waals surface area contributed by atoms with Crippen LogP contribution in [0.3, 0.4) is 0 Å². The quantitative estimate of drug-likeness (QED) is 0.631. The fourth-order valence-corrected chi connectivity index (χ4v) is 1.88. The van der Waals surface area contributed by atoms with E-state index >= 15 is 0 Å². The van der Waals surface area contributed by atoms with Crippen LogP contribution < -0.4 is 14.9 Å². The zero-order chi connectivity index (χ0) is 19.1. The zero-order valence-electron chi connectivity index (χ0n) is 14.6. The minimum Gasteiger partial charge on any atom is -0.508 e. The summed E-state index contributed by atoms with van der Waals surface area (Å²) < 4.78 is 10.4. The average Bonchev–Trinajstić information content (AvgIpc) is 2.63. The fourth-order valence-electron chi connectivity index (χ4n) is 1.88. The number of amides is 2. The highest BCUT2D eigenvalue weighted by molar-refractivity contribution is 5.95. The molecule has 136 valence electrons. The predicted octanol–water partition coefficient (Wildman–Crippen LogP) is 2.23. The zero-order valence-corrected chi connectivity index (χ0v) is 14.6. The summed E-state index contributed by atoms with van der Waals surface area (Å²) in [6.45, 7) is 0. The highest BCUT2D eigenvalue weighted by Crippen LogP contribution is 2.28. The van der Waals surface area contributed by atoms with Crippen molar-refractivity contribution >= 4 is 18.2 Å². The largest absolute Gasteiger partial charge is 0.508 e. The summed E-state index contributed by atoms with van der Waals surface area (Å²) in [5.41, 5.74) is 3.38. The van der Waals surface area contributed by atoms with E-state index < -0.39 is 12.0 Å². The molecule has 2 aromatic carbocycles. The van der Waals surface area contributed by atoms with Gasteiger partial charge >= 0.3 is 6.09 Å². The first-order chi connectivity index (χ1) is 12.4. The maximum Gasteiger partial charge on any atom is 0.414 e. The van der Waals surface area contributed by atoms with Gasteiger partial charge in [-0.2, -0.15) is 5.10 Å². The Kier molecular flexibility index (Phi) is 6.15. The SMILES string of the molecule is COc1cc(/C=N/NC(=O)c2ccc(O)cc2)ccc1OC(=O)N(C)C. The molecule has 0 radical (unpaired) electrons. The van der Waals surface area contributed by atoms with E-state index in [0.29, 0.717) is 16.9 Å². The molecule has 0 saturated carbocycles. The van der Waals surface area contributed by atoms with E-state index in [2.05, 4.69) is 10.5 Å². The number of carbonyl (C=O) groups is 2. The number of phenolic OH excluding ortho intramolecular Hbond substituents is 1. The standard InChI is InChI=1S/C18H19N3O5/c1-21(2)18(24)26-15-9-4-12(10-16(15)25-3)11-19-20-17(23)13-5-7-14(22)8-6-13/h4-11,22H,1-3H3,(H,20,23)/b19-11+. The Labute approximate surface area is 150 Å². The van der Waals surface area contributed by atoms with Crippen molar-refractivity contribution < 1.29 is 24.2 Å². The first-order valence-electron chi connectivity index (χ1n) is 7.60. The molecule has 0 aliphatic carbocycles. The molecule has 8 nitrogen and oxygen atoms in total. The Bertz CT molecular complexity index is 816. The van der Waals surface area contributed by atoms with Crippen LogP contribution in [0, 0.1) is 0 Å². The number of hydrogen-bond donors (Lipinski definition) is 2. The lowest BCUT2D eigenvalue weighted by molar-refractivity contribution is 0.0955.